The summed E-state index contributed by atoms with van der Waals surface area (Å²) >= 11 is 0. The van der Waals surface area contributed by atoms with Gasteiger partial charge in [0, 0.05) is 37.3 Å². The van der Waals surface area contributed by atoms with Gasteiger partial charge in [-0.05, 0) is 24.3 Å². The quantitative estimate of drug-likeness (QED) is 0.826. The highest BCUT2D eigenvalue weighted by Gasteiger charge is 2.37. The molecule has 0 aliphatic carbocycles. The number of ether oxygens (including phenoxy) is 1. The summed E-state index contributed by atoms with van der Waals surface area (Å²) in [6.45, 7) is 5.70. The maximum atomic E-state index is 12.8. The molecular formula is C19H27N3O4. The SMILES string of the molecule is CC[C@H](C)[C@@H](NC(=O)N1C[C@H]2C[C@@H](C1)c1cccc(=O)n1C2)C(=O)OC. The van der Waals surface area contributed by atoms with Crippen LogP contribution in [0, 0.1) is 11.8 Å². The molecule has 142 valence electrons. The maximum absolute atomic E-state index is 12.8. The number of hydrogen-bond donors (Lipinski definition) is 1. The number of nitrogens with zero attached hydrogens (tertiary/aromatic N) is 2. The number of piperidine rings is 1. The molecule has 1 aromatic heterocycles. The molecule has 0 spiro atoms. The third-order valence-electron chi connectivity index (χ3n) is 5.71. The molecule has 1 fully saturated rings. The molecule has 2 aliphatic heterocycles. The van der Waals surface area contributed by atoms with Gasteiger partial charge in [-0.15, -0.1) is 0 Å². The predicted molar refractivity (Wildman–Crippen MR) is 96.9 cm³/mol. The van der Waals surface area contributed by atoms with Crippen molar-refractivity contribution < 1.29 is 14.3 Å². The average molecular weight is 361 g/mol. The monoisotopic (exact) mass is 361 g/mol. The molecular weight excluding hydrogens is 334 g/mol. The summed E-state index contributed by atoms with van der Waals surface area (Å²) in [7, 11) is 1.34. The van der Waals surface area contributed by atoms with E-state index in [1.165, 1.54) is 7.11 Å². The van der Waals surface area contributed by atoms with Gasteiger partial charge in [0.25, 0.3) is 5.56 Å². The van der Waals surface area contributed by atoms with Crippen LogP contribution in [0.1, 0.15) is 38.3 Å². The van der Waals surface area contributed by atoms with E-state index in [9.17, 15) is 14.4 Å². The van der Waals surface area contributed by atoms with Crippen molar-refractivity contribution in [2.45, 2.75) is 45.2 Å². The van der Waals surface area contributed by atoms with Crippen LogP contribution in [0.2, 0.25) is 0 Å². The van der Waals surface area contributed by atoms with Crippen molar-refractivity contribution in [3.8, 4) is 0 Å². The molecule has 4 atom stereocenters. The predicted octanol–water partition coefficient (Wildman–Crippen LogP) is 1.56. The van der Waals surface area contributed by atoms with Crippen LogP contribution in [-0.2, 0) is 16.1 Å². The van der Waals surface area contributed by atoms with Gasteiger partial charge in [0.1, 0.15) is 6.04 Å². The number of aromatic nitrogens is 1. The Morgan fingerprint density at radius 2 is 2.08 bits per heavy atom. The summed E-state index contributed by atoms with van der Waals surface area (Å²) < 4.78 is 6.69. The molecule has 0 aromatic carbocycles. The second-order valence-corrected chi connectivity index (χ2v) is 7.44. The molecule has 1 aromatic rings. The van der Waals surface area contributed by atoms with Gasteiger partial charge in [-0.3, -0.25) is 4.79 Å². The van der Waals surface area contributed by atoms with Crippen LogP contribution in [0.3, 0.4) is 0 Å². The summed E-state index contributed by atoms with van der Waals surface area (Å²) in [6, 6.07) is 4.46. The van der Waals surface area contributed by atoms with Crippen LogP contribution in [-0.4, -0.2) is 47.7 Å². The number of amides is 2. The number of rotatable bonds is 4. The second-order valence-electron chi connectivity index (χ2n) is 7.44. The number of fused-ring (bicyclic) bond motifs is 4. The van der Waals surface area contributed by atoms with E-state index in [1.54, 1.807) is 17.0 Å². The van der Waals surface area contributed by atoms with E-state index in [2.05, 4.69) is 5.32 Å². The Labute approximate surface area is 153 Å². The lowest BCUT2D eigenvalue weighted by Gasteiger charge is -2.43. The standard InChI is InChI=1S/C19H27N3O4/c1-4-12(2)17(18(24)26-3)20-19(25)21-9-13-8-14(11-21)15-6-5-7-16(23)22(15)10-13/h5-7,12-14,17H,4,8-11H2,1-3H3,(H,20,25)/t12-,13+,14-,17+/m0/s1. The Morgan fingerprint density at radius 1 is 1.31 bits per heavy atom. The lowest BCUT2D eigenvalue weighted by Crippen LogP contribution is -2.55. The van der Waals surface area contributed by atoms with Crippen molar-refractivity contribution >= 4 is 12.0 Å². The number of pyridine rings is 1. The first kappa shape index (κ1) is 18.5. The van der Waals surface area contributed by atoms with Gasteiger partial charge in [0.2, 0.25) is 0 Å². The third-order valence-corrected chi connectivity index (χ3v) is 5.71. The summed E-state index contributed by atoms with van der Waals surface area (Å²) in [6.07, 6.45) is 1.75. The molecule has 7 nitrogen and oxygen atoms in total. The first-order chi connectivity index (χ1) is 12.4. The zero-order valence-corrected chi connectivity index (χ0v) is 15.6. The summed E-state index contributed by atoms with van der Waals surface area (Å²) in [5.74, 6) is -0.00797. The lowest BCUT2D eigenvalue weighted by molar-refractivity contribution is -0.144. The van der Waals surface area contributed by atoms with E-state index >= 15 is 0 Å². The van der Waals surface area contributed by atoms with Crippen LogP contribution in [0.15, 0.2) is 23.0 Å². The minimum atomic E-state index is -0.644. The number of esters is 1. The third kappa shape index (κ3) is 3.48. The molecule has 2 aliphatic rings. The van der Waals surface area contributed by atoms with Gasteiger partial charge < -0.3 is 19.5 Å². The number of methoxy groups -OCH3 is 1. The fourth-order valence-electron chi connectivity index (χ4n) is 4.08. The molecule has 0 unspecified atom stereocenters. The van der Waals surface area contributed by atoms with E-state index in [0.717, 1.165) is 18.5 Å². The molecule has 26 heavy (non-hydrogen) atoms. The Kier molecular flexibility index (Phi) is 5.34. The van der Waals surface area contributed by atoms with Gasteiger partial charge in [-0.2, -0.15) is 0 Å². The number of likely N-dealkylation sites (tertiary alicyclic amines) is 1. The van der Waals surface area contributed by atoms with Gasteiger partial charge in [-0.25, -0.2) is 9.59 Å². The zero-order chi connectivity index (χ0) is 18.8. The smallest absolute Gasteiger partial charge is 0.328 e. The molecule has 7 heteroatoms. The van der Waals surface area contributed by atoms with E-state index in [-0.39, 0.29) is 29.3 Å². The Morgan fingerprint density at radius 3 is 2.77 bits per heavy atom. The Bertz CT molecular complexity index is 745. The molecule has 1 saturated heterocycles. The highest BCUT2D eigenvalue weighted by Crippen LogP contribution is 2.34. The molecule has 0 saturated carbocycles. The number of urea groups is 1. The van der Waals surface area contributed by atoms with Crippen LogP contribution < -0.4 is 10.9 Å². The fourth-order valence-corrected chi connectivity index (χ4v) is 4.08. The van der Waals surface area contributed by atoms with Crippen LogP contribution in [0.4, 0.5) is 4.79 Å². The van der Waals surface area contributed by atoms with Crippen LogP contribution >= 0.6 is 0 Å². The minimum Gasteiger partial charge on any atom is -0.467 e. The first-order valence-corrected chi connectivity index (χ1v) is 9.27. The summed E-state index contributed by atoms with van der Waals surface area (Å²) in [5.41, 5.74) is 1.02. The number of carbonyl (C=O) groups excluding carboxylic acids is 2. The highest BCUT2D eigenvalue weighted by molar-refractivity contribution is 5.84. The normalized spacial score (nSPS) is 23.6. The number of nitrogens with one attached hydrogen (secondary N) is 1. The molecule has 3 heterocycles. The zero-order valence-electron chi connectivity index (χ0n) is 15.6. The Hall–Kier alpha value is -2.31. The van der Waals surface area contributed by atoms with Crippen molar-refractivity contribution in [1.82, 2.24) is 14.8 Å². The summed E-state index contributed by atoms with van der Waals surface area (Å²) in [4.78, 5) is 38.7. The van der Waals surface area contributed by atoms with Crippen molar-refractivity contribution in [3.63, 3.8) is 0 Å². The van der Waals surface area contributed by atoms with Gasteiger partial charge in [0.05, 0.1) is 7.11 Å². The second kappa shape index (κ2) is 7.51. The fraction of sp³-hybridized carbons (Fsp3) is 0.632. The van der Waals surface area contributed by atoms with E-state index in [1.807, 2.05) is 24.5 Å². The molecule has 3 rings (SSSR count). The highest BCUT2D eigenvalue weighted by atomic mass is 16.5. The van der Waals surface area contributed by atoms with Crippen LogP contribution in [0.25, 0.3) is 0 Å². The van der Waals surface area contributed by atoms with Gasteiger partial charge >= 0.3 is 12.0 Å². The first-order valence-electron chi connectivity index (χ1n) is 9.27. The minimum absolute atomic E-state index is 0.00464. The van der Waals surface area contributed by atoms with Gasteiger partial charge in [0.15, 0.2) is 0 Å². The largest absolute Gasteiger partial charge is 0.467 e. The lowest BCUT2D eigenvalue weighted by atomic mass is 9.83. The topological polar surface area (TPSA) is 80.6 Å². The van der Waals surface area contributed by atoms with Crippen molar-refractivity contribution in [2.24, 2.45) is 11.8 Å². The molecule has 1 N–H and O–H groups in total. The average Bonchev–Trinajstić information content (AvgIpc) is 2.65. The maximum Gasteiger partial charge on any atom is 0.328 e. The summed E-state index contributed by atoms with van der Waals surface area (Å²) in [5, 5.41) is 2.86. The molecule has 2 bridgehead atoms. The van der Waals surface area contributed by atoms with E-state index in [0.29, 0.717) is 19.6 Å². The van der Waals surface area contributed by atoms with E-state index in [4.69, 9.17) is 4.74 Å². The Balaban J connectivity index is 1.74. The van der Waals surface area contributed by atoms with Crippen molar-refractivity contribution in [3.05, 3.63) is 34.2 Å². The van der Waals surface area contributed by atoms with Gasteiger partial charge in [-0.1, -0.05) is 26.3 Å². The van der Waals surface area contributed by atoms with Crippen molar-refractivity contribution in [2.75, 3.05) is 20.2 Å². The molecule has 0 radical (unpaired) electrons. The van der Waals surface area contributed by atoms with Crippen LogP contribution in [0.5, 0.6) is 0 Å². The number of hydrogen-bond acceptors (Lipinski definition) is 4. The van der Waals surface area contributed by atoms with Crippen molar-refractivity contribution in [1.29, 1.82) is 0 Å². The number of carbonyl (C=O) groups is 2. The molecule has 2 amide bonds. The van der Waals surface area contributed by atoms with E-state index < -0.39 is 12.0 Å².